The maximum atomic E-state index is 10.1. The molecule has 1 aromatic carbocycles. The first-order chi connectivity index (χ1) is 7.24. The molecule has 0 unspecified atom stereocenters. The number of thiocarbonyl (C=S) groups is 1. The van der Waals surface area contributed by atoms with Crippen molar-refractivity contribution >= 4 is 29.3 Å². The summed E-state index contributed by atoms with van der Waals surface area (Å²) in [5.74, 6) is 5.58. The van der Waals surface area contributed by atoms with Crippen LogP contribution in [-0.4, -0.2) is 11.4 Å². The van der Waals surface area contributed by atoms with Crippen molar-refractivity contribution in [1.29, 1.82) is 0 Å². The molecule has 0 spiro atoms. The maximum absolute atomic E-state index is 10.1. The van der Waals surface area contributed by atoms with Crippen molar-refractivity contribution in [3.8, 4) is 11.8 Å². The Morgan fingerprint density at radius 2 is 2.27 bits per heavy atom. The van der Waals surface area contributed by atoms with Gasteiger partial charge >= 0.3 is 0 Å². The van der Waals surface area contributed by atoms with Crippen molar-refractivity contribution in [2.45, 2.75) is 6.42 Å². The van der Waals surface area contributed by atoms with Crippen LogP contribution in [0.1, 0.15) is 12.0 Å². The second-order valence-corrected chi connectivity index (χ2v) is 3.15. The van der Waals surface area contributed by atoms with Gasteiger partial charge in [0.1, 0.15) is 6.29 Å². The van der Waals surface area contributed by atoms with Crippen molar-refractivity contribution in [1.82, 2.24) is 0 Å². The molecule has 1 rings (SSSR count). The number of nitrogens with one attached hydrogen (secondary N) is 1. The molecule has 3 N–H and O–H groups in total. The van der Waals surface area contributed by atoms with Crippen LogP contribution in [0.2, 0.25) is 0 Å². The van der Waals surface area contributed by atoms with Crippen LogP contribution in [0.5, 0.6) is 0 Å². The van der Waals surface area contributed by atoms with Crippen LogP contribution >= 0.6 is 12.2 Å². The van der Waals surface area contributed by atoms with Crippen molar-refractivity contribution < 1.29 is 4.79 Å². The summed E-state index contributed by atoms with van der Waals surface area (Å²) in [5, 5.41) is 3.01. The zero-order valence-corrected chi connectivity index (χ0v) is 8.80. The van der Waals surface area contributed by atoms with E-state index >= 15 is 0 Å². The summed E-state index contributed by atoms with van der Waals surface area (Å²) in [5.41, 5.74) is 6.89. The first-order valence-corrected chi connectivity index (χ1v) is 4.73. The molecule has 76 valence electrons. The first-order valence-electron chi connectivity index (χ1n) is 4.32. The third-order valence-corrected chi connectivity index (χ3v) is 1.70. The molecule has 0 aliphatic carbocycles. The lowest BCUT2D eigenvalue weighted by Gasteiger charge is -2.05. The lowest BCUT2D eigenvalue weighted by molar-refractivity contribution is -0.107. The molecular weight excluding hydrogens is 208 g/mol. The van der Waals surface area contributed by atoms with Crippen molar-refractivity contribution in [2.75, 3.05) is 5.32 Å². The molecular formula is C11H10N2OS. The fourth-order valence-electron chi connectivity index (χ4n) is 1.02. The number of aldehydes is 1. The Kier molecular flexibility index (Phi) is 4.32. The molecule has 0 saturated carbocycles. The SMILES string of the molecule is NC(=S)Nc1ccccc1C#CCC=O. The molecule has 0 heterocycles. The largest absolute Gasteiger partial charge is 0.376 e. The van der Waals surface area contributed by atoms with Gasteiger partial charge in [-0.3, -0.25) is 0 Å². The van der Waals surface area contributed by atoms with Gasteiger partial charge in [-0.1, -0.05) is 24.0 Å². The average Bonchev–Trinajstić information content (AvgIpc) is 2.20. The minimum atomic E-state index is 0.194. The highest BCUT2D eigenvalue weighted by Crippen LogP contribution is 2.12. The number of carbonyl (C=O) groups is 1. The van der Waals surface area contributed by atoms with Crippen molar-refractivity contribution in [3.63, 3.8) is 0 Å². The van der Waals surface area contributed by atoms with Crippen LogP contribution in [-0.2, 0) is 4.79 Å². The number of hydrogen-bond acceptors (Lipinski definition) is 2. The summed E-state index contributed by atoms with van der Waals surface area (Å²) in [6, 6.07) is 7.36. The van der Waals surface area contributed by atoms with Gasteiger partial charge in [0.15, 0.2) is 5.11 Å². The molecule has 0 aliphatic heterocycles. The summed E-state index contributed by atoms with van der Waals surface area (Å²) in [6.07, 6.45) is 0.984. The minimum Gasteiger partial charge on any atom is -0.376 e. The summed E-state index contributed by atoms with van der Waals surface area (Å²) in [6.45, 7) is 0. The van der Waals surface area contributed by atoms with Crippen LogP contribution in [0.4, 0.5) is 5.69 Å². The summed E-state index contributed by atoms with van der Waals surface area (Å²) in [4.78, 5) is 10.1. The van der Waals surface area contributed by atoms with E-state index in [-0.39, 0.29) is 11.5 Å². The van der Waals surface area contributed by atoms with E-state index in [1.54, 1.807) is 0 Å². The van der Waals surface area contributed by atoms with E-state index in [1.807, 2.05) is 24.3 Å². The second-order valence-electron chi connectivity index (χ2n) is 2.71. The van der Waals surface area contributed by atoms with Gasteiger partial charge in [0.25, 0.3) is 0 Å². The molecule has 0 radical (unpaired) electrons. The summed E-state index contributed by atoms with van der Waals surface area (Å²) in [7, 11) is 0. The van der Waals surface area contributed by atoms with Crippen LogP contribution in [0.25, 0.3) is 0 Å². The van der Waals surface area contributed by atoms with Gasteiger partial charge in [-0.2, -0.15) is 0 Å². The molecule has 15 heavy (non-hydrogen) atoms. The lowest BCUT2D eigenvalue weighted by Crippen LogP contribution is -2.19. The molecule has 4 heteroatoms. The number of benzene rings is 1. The molecule has 0 amide bonds. The Hall–Kier alpha value is -1.86. The Labute approximate surface area is 93.7 Å². The monoisotopic (exact) mass is 218 g/mol. The fraction of sp³-hybridized carbons (Fsp3) is 0.0909. The van der Waals surface area contributed by atoms with Gasteiger partial charge < -0.3 is 15.8 Å². The molecule has 0 atom stereocenters. The Morgan fingerprint density at radius 1 is 1.53 bits per heavy atom. The Morgan fingerprint density at radius 3 is 2.93 bits per heavy atom. The van der Waals surface area contributed by atoms with Crippen molar-refractivity contribution in [2.24, 2.45) is 5.73 Å². The zero-order chi connectivity index (χ0) is 11.1. The molecule has 0 saturated heterocycles. The zero-order valence-electron chi connectivity index (χ0n) is 7.99. The normalized spacial score (nSPS) is 8.53. The third-order valence-electron chi connectivity index (χ3n) is 1.59. The Balaban J connectivity index is 2.92. The van der Waals surface area contributed by atoms with E-state index in [9.17, 15) is 4.79 Å². The number of rotatable bonds is 2. The average molecular weight is 218 g/mol. The van der Waals surface area contributed by atoms with Crippen LogP contribution in [0.15, 0.2) is 24.3 Å². The van der Waals surface area contributed by atoms with Crippen molar-refractivity contribution in [3.05, 3.63) is 29.8 Å². The predicted octanol–water partition coefficient (Wildman–Crippen LogP) is 1.28. The van der Waals surface area contributed by atoms with Gasteiger partial charge in [-0.25, -0.2) is 0 Å². The Bertz CT molecular complexity index is 432. The smallest absolute Gasteiger partial charge is 0.168 e. The number of carbonyl (C=O) groups excluding carboxylic acids is 1. The molecule has 0 aliphatic rings. The highest BCUT2D eigenvalue weighted by atomic mass is 32.1. The molecule has 0 fully saturated rings. The van der Waals surface area contributed by atoms with E-state index in [1.165, 1.54) is 0 Å². The quantitative estimate of drug-likeness (QED) is 0.446. The minimum absolute atomic E-state index is 0.194. The number of hydrogen-bond donors (Lipinski definition) is 2. The molecule has 1 aromatic rings. The second kappa shape index (κ2) is 5.78. The topological polar surface area (TPSA) is 55.1 Å². The standard InChI is InChI=1S/C11H10N2OS/c12-11(15)13-10-7-2-1-5-9(10)6-3-4-8-14/h1-2,5,7-8H,4H2,(H3,12,13,15). The first kappa shape index (κ1) is 11.2. The molecule has 3 nitrogen and oxygen atoms in total. The summed E-state index contributed by atoms with van der Waals surface area (Å²) >= 11 is 4.73. The molecule has 0 bridgehead atoms. The van der Waals surface area contributed by atoms with Gasteiger partial charge in [0.05, 0.1) is 12.1 Å². The number of anilines is 1. The van der Waals surface area contributed by atoms with E-state index in [2.05, 4.69) is 17.2 Å². The lowest BCUT2D eigenvalue weighted by atomic mass is 10.2. The van der Waals surface area contributed by atoms with Gasteiger partial charge in [-0.15, -0.1) is 0 Å². The predicted molar refractivity (Wildman–Crippen MR) is 64.4 cm³/mol. The highest BCUT2D eigenvalue weighted by molar-refractivity contribution is 7.80. The van der Waals surface area contributed by atoms with E-state index in [0.717, 1.165) is 17.5 Å². The van der Waals surface area contributed by atoms with Crippen LogP contribution < -0.4 is 11.1 Å². The van der Waals surface area contributed by atoms with E-state index in [0.29, 0.717) is 0 Å². The maximum Gasteiger partial charge on any atom is 0.168 e. The van der Waals surface area contributed by atoms with E-state index < -0.39 is 0 Å². The van der Waals surface area contributed by atoms with Gasteiger partial charge in [0, 0.05) is 5.56 Å². The van der Waals surface area contributed by atoms with E-state index in [4.69, 9.17) is 18.0 Å². The molecule has 0 aromatic heterocycles. The highest BCUT2D eigenvalue weighted by Gasteiger charge is 1.97. The van der Waals surface area contributed by atoms with Gasteiger partial charge in [-0.05, 0) is 24.4 Å². The summed E-state index contributed by atoms with van der Waals surface area (Å²) < 4.78 is 0. The number of para-hydroxylation sites is 1. The number of nitrogens with two attached hydrogens (primary N) is 1. The van der Waals surface area contributed by atoms with Crippen LogP contribution in [0, 0.1) is 11.8 Å². The van der Waals surface area contributed by atoms with Gasteiger partial charge in [0.2, 0.25) is 0 Å². The fourth-order valence-corrected chi connectivity index (χ4v) is 1.13. The third kappa shape index (κ3) is 3.79. The van der Waals surface area contributed by atoms with Crippen LogP contribution in [0.3, 0.4) is 0 Å².